The van der Waals surface area contributed by atoms with E-state index in [-0.39, 0.29) is 0 Å². The van der Waals surface area contributed by atoms with Gasteiger partial charge in [-0.3, -0.25) is 0 Å². The van der Waals surface area contributed by atoms with Crippen LogP contribution >= 0.6 is 0 Å². The van der Waals surface area contributed by atoms with Gasteiger partial charge in [0.15, 0.2) is 0 Å². The smallest absolute Gasteiger partial charge is 0.257 e. The molecule has 0 aliphatic carbocycles. The first-order valence-electron chi connectivity index (χ1n) is 5.73. The normalized spacial score (nSPS) is 17.6. The Morgan fingerprint density at radius 2 is 2.19 bits per heavy atom. The first kappa shape index (κ1) is 11.4. The van der Waals surface area contributed by atoms with E-state index in [4.69, 9.17) is 9.26 Å². The topological polar surface area (TPSA) is 50.5 Å². The summed E-state index contributed by atoms with van der Waals surface area (Å²) < 4.78 is 10.3. The van der Waals surface area contributed by atoms with Crippen molar-refractivity contribution in [2.75, 3.05) is 39.8 Å². The zero-order valence-corrected chi connectivity index (χ0v) is 9.95. The van der Waals surface area contributed by atoms with Crippen LogP contribution < -0.4 is 10.1 Å². The molecule has 16 heavy (non-hydrogen) atoms. The van der Waals surface area contributed by atoms with E-state index in [0.717, 1.165) is 50.5 Å². The number of nitrogens with one attached hydrogen (secondary N) is 1. The van der Waals surface area contributed by atoms with Gasteiger partial charge in [-0.1, -0.05) is 0 Å². The van der Waals surface area contributed by atoms with Crippen molar-refractivity contribution in [2.24, 2.45) is 0 Å². The van der Waals surface area contributed by atoms with Crippen molar-refractivity contribution in [3.05, 3.63) is 11.3 Å². The molecule has 0 unspecified atom stereocenters. The van der Waals surface area contributed by atoms with Crippen LogP contribution in [0.5, 0.6) is 5.88 Å². The zero-order valence-electron chi connectivity index (χ0n) is 9.95. The molecule has 1 aliphatic rings. The van der Waals surface area contributed by atoms with Gasteiger partial charge in [0.05, 0.1) is 12.7 Å². The van der Waals surface area contributed by atoms with Gasteiger partial charge in [0.1, 0.15) is 5.76 Å². The van der Waals surface area contributed by atoms with Gasteiger partial charge in [0, 0.05) is 39.1 Å². The summed E-state index contributed by atoms with van der Waals surface area (Å²) in [5.74, 6) is 1.55. The van der Waals surface area contributed by atoms with Crippen molar-refractivity contribution in [2.45, 2.75) is 13.3 Å². The van der Waals surface area contributed by atoms with Gasteiger partial charge in [0.2, 0.25) is 0 Å². The lowest BCUT2D eigenvalue weighted by atomic mass is 10.2. The van der Waals surface area contributed by atoms with Crippen molar-refractivity contribution in [3.8, 4) is 5.88 Å². The number of hydrogen-bond donors (Lipinski definition) is 1. The Morgan fingerprint density at radius 1 is 1.44 bits per heavy atom. The summed E-state index contributed by atoms with van der Waals surface area (Å²) in [6.07, 6.45) is 0.905. The highest BCUT2D eigenvalue weighted by Gasteiger charge is 2.14. The van der Waals surface area contributed by atoms with Crippen LogP contribution in [0.4, 0.5) is 0 Å². The summed E-state index contributed by atoms with van der Waals surface area (Å²) in [5, 5.41) is 7.21. The second-order valence-electron chi connectivity index (χ2n) is 4.08. The van der Waals surface area contributed by atoms with E-state index in [2.05, 4.69) is 15.4 Å². The SMILES string of the molecule is COc1noc(CCN2CCNCC2)c1C. The van der Waals surface area contributed by atoms with Gasteiger partial charge in [-0.2, -0.15) is 0 Å². The molecule has 1 fully saturated rings. The van der Waals surface area contributed by atoms with Crippen LogP contribution in [0.1, 0.15) is 11.3 Å². The maximum absolute atomic E-state index is 5.26. The van der Waals surface area contributed by atoms with Crippen LogP contribution in [0.3, 0.4) is 0 Å². The Bertz CT molecular complexity index is 332. The van der Waals surface area contributed by atoms with Crippen LogP contribution in [0, 0.1) is 6.92 Å². The molecule has 1 saturated heterocycles. The van der Waals surface area contributed by atoms with Crippen LogP contribution in [-0.4, -0.2) is 49.9 Å². The second-order valence-corrected chi connectivity index (χ2v) is 4.08. The average Bonchev–Trinajstić information content (AvgIpc) is 2.69. The molecule has 0 radical (unpaired) electrons. The van der Waals surface area contributed by atoms with Crippen LogP contribution in [-0.2, 0) is 6.42 Å². The van der Waals surface area contributed by atoms with Gasteiger partial charge >= 0.3 is 0 Å². The lowest BCUT2D eigenvalue weighted by Gasteiger charge is -2.26. The highest BCUT2D eigenvalue weighted by Crippen LogP contribution is 2.20. The Labute approximate surface area is 95.7 Å². The van der Waals surface area contributed by atoms with Gasteiger partial charge in [-0.15, -0.1) is 0 Å². The van der Waals surface area contributed by atoms with Gasteiger partial charge < -0.3 is 19.5 Å². The molecular formula is C11H19N3O2. The summed E-state index contributed by atoms with van der Waals surface area (Å²) in [4.78, 5) is 2.44. The van der Waals surface area contributed by atoms with Crippen LogP contribution in [0.15, 0.2) is 4.52 Å². The van der Waals surface area contributed by atoms with E-state index in [1.165, 1.54) is 0 Å². The molecule has 1 aromatic rings. The minimum Gasteiger partial charge on any atom is -0.479 e. The minimum atomic E-state index is 0.607. The van der Waals surface area contributed by atoms with E-state index in [9.17, 15) is 0 Å². The molecule has 0 atom stereocenters. The fourth-order valence-electron chi connectivity index (χ4n) is 1.97. The fourth-order valence-corrected chi connectivity index (χ4v) is 1.97. The third-order valence-electron chi connectivity index (χ3n) is 3.04. The number of methoxy groups -OCH3 is 1. The van der Waals surface area contributed by atoms with Gasteiger partial charge in [-0.25, -0.2) is 0 Å². The van der Waals surface area contributed by atoms with E-state index < -0.39 is 0 Å². The molecule has 2 rings (SSSR count). The molecule has 1 aliphatic heterocycles. The predicted octanol–water partition coefficient (Wildman–Crippen LogP) is 0.439. The first-order valence-corrected chi connectivity index (χ1v) is 5.73. The zero-order chi connectivity index (χ0) is 11.4. The molecule has 2 heterocycles. The maximum Gasteiger partial charge on any atom is 0.257 e. The molecular weight excluding hydrogens is 206 g/mol. The highest BCUT2D eigenvalue weighted by atomic mass is 16.5. The molecule has 0 aromatic carbocycles. The van der Waals surface area contributed by atoms with Crippen molar-refractivity contribution in [3.63, 3.8) is 0 Å². The van der Waals surface area contributed by atoms with Crippen LogP contribution in [0.25, 0.3) is 0 Å². The molecule has 1 N–H and O–H groups in total. The summed E-state index contributed by atoms with van der Waals surface area (Å²) in [6.45, 7) is 7.41. The molecule has 1 aromatic heterocycles. The first-order chi connectivity index (χ1) is 7.81. The monoisotopic (exact) mass is 225 g/mol. The summed E-state index contributed by atoms with van der Waals surface area (Å²) in [5.41, 5.74) is 1.03. The second kappa shape index (κ2) is 5.32. The Hall–Kier alpha value is -1.07. The van der Waals surface area contributed by atoms with Gasteiger partial charge in [-0.05, 0) is 12.1 Å². The number of rotatable bonds is 4. The quantitative estimate of drug-likeness (QED) is 0.805. The molecule has 0 saturated carbocycles. The van der Waals surface area contributed by atoms with Crippen molar-refractivity contribution >= 4 is 0 Å². The Balaban J connectivity index is 1.86. The average molecular weight is 225 g/mol. The number of ether oxygens (including phenoxy) is 1. The highest BCUT2D eigenvalue weighted by molar-refractivity contribution is 5.26. The Kier molecular flexibility index (Phi) is 3.79. The molecule has 90 valence electrons. The molecule has 0 amide bonds. The summed E-state index contributed by atoms with van der Waals surface area (Å²) in [6, 6.07) is 0. The largest absolute Gasteiger partial charge is 0.479 e. The molecule has 5 nitrogen and oxygen atoms in total. The minimum absolute atomic E-state index is 0.607. The van der Waals surface area contributed by atoms with Crippen molar-refractivity contribution in [1.29, 1.82) is 0 Å². The summed E-state index contributed by atoms with van der Waals surface area (Å²) in [7, 11) is 1.62. The third kappa shape index (κ3) is 2.54. The van der Waals surface area contributed by atoms with Crippen LogP contribution in [0.2, 0.25) is 0 Å². The van der Waals surface area contributed by atoms with E-state index in [1.807, 2.05) is 6.92 Å². The standard InChI is InChI=1S/C11H19N3O2/c1-9-10(16-13-11(9)15-2)3-6-14-7-4-12-5-8-14/h12H,3-8H2,1-2H3. The summed E-state index contributed by atoms with van der Waals surface area (Å²) >= 11 is 0. The van der Waals surface area contributed by atoms with Crippen molar-refractivity contribution < 1.29 is 9.26 Å². The van der Waals surface area contributed by atoms with E-state index in [0.29, 0.717) is 5.88 Å². The lowest BCUT2D eigenvalue weighted by Crippen LogP contribution is -2.44. The molecule has 0 bridgehead atoms. The number of piperazine rings is 1. The van der Waals surface area contributed by atoms with E-state index >= 15 is 0 Å². The number of aromatic nitrogens is 1. The Morgan fingerprint density at radius 3 is 2.81 bits per heavy atom. The van der Waals surface area contributed by atoms with Gasteiger partial charge in [0.25, 0.3) is 5.88 Å². The number of nitrogens with zero attached hydrogens (tertiary/aromatic N) is 2. The lowest BCUT2D eigenvalue weighted by molar-refractivity contribution is 0.234. The maximum atomic E-state index is 5.26. The third-order valence-corrected chi connectivity index (χ3v) is 3.04. The van der Waals surface area contributed by atoms with E-state index in [1.54, 1.807) is 7.11 Å². The van der Waals surface area contributed by atoms with Crippen molar-refractivity contribution in [1.82, 2.24) is 15.4 Å². The molecule has 0 spiro atoms. The molecule has 5 heteroatoms. The fraction of sp³-hybridized carbons (Fsp3) is 0.727. The number of hydrogen-bond acceptors (Lipinski definition) is 5. The predicted molar refractivity (Wildman–Crippen MR) is 60.8 cm³/mol.